The average Bonchev–Trinajstić information content (AvgIpc) is 3.02. The van der Waals surface area contributed by atoms with Gasteiger partial charge in [0.05, 0.1) is 6.54 Å². The van der Waals surface area contributed by atoms with E-state index in [1.807, 2.05) is 4.90 Å². The van der Waals surface area contributed by atoms with Crippen molar-refractivity contribution in [2.24, 2.45) is 0 Å². The lowest BCUT2D eigenvalue weighted by Gasteiger charge is -2.36. The van der Waals surface area contributed by atoms with Gasteiger partial charge in [-0.1, -0.05) is 5.16 Å². The molecule has 2 aliphatic rings. The van der Waals surface area contributed by atoms with Gasteiger partial charge in [-0.25, -0.2) is 0 Å². The second-order valence-corrected chi connectivity index (χ2v) is 6.63. The monoisotopic (exact) mass is 335 g/mol. The molecular weight excluding hydrogens is 310 g/mol. The summed E-state index contributed by atoms with van der Waals surface area (Å²) in [5.41, 5.74) is 0. The van der Waals surface area contributed by atoms with E-state index in [1.165, 1.54) is 0 Å². The number of hydrogen-bond donors (Lipinski definition) is 0. The predicted octanol–water partition coefficient (Wildman–Crippen LogP) is 0.248. The number of likely N-dealkylation sites (tertiary alicyclic amines) is 1. The highest BCUT2D eigenvalue weighted by Gasteiger charge is 2.28. The van der Waals surface area contributed by atoms with Crippen LogP contribution in [0.5, 0.6) is 0 Å². The van der Waals surface area contributed by atoms with Crippen molar-refractivity contribution in [1.82, 2.24) is 24.8 Å². The summed E-state index contributed by atoms with van der Waals surface area (Å²) in [6.07, 6.45) is 2.06. The lowest BCUT2D eigenvalue weighted by molar-refractivity contribution is -0.139. The Morgan fingerprint density at radius 1 is 1.17 bits per heavy atom. The Morgan fingerprint density at radius 2 is 1.88 bits per heavy atom. The molecule has 0 aliphatic carbocycles. The molecule has 24 heavy (non-hydrogen) atoms. The van der Waals surface area contributed by atoms with Crippen LogP contribution in [-0.4, -0.2) is 82.5 Å². The number of hydrogen-bond acceptors (Lipinski definition) is 6. The lowest BCUT2D eigenvalue weighted by Crippen LogP contribution is -2.52. The van der Waals surface area contributed by atoms with E-state index in [4.69, 9.17) is 4.52 Å². The molecule has 3 rings (SSSR count). The van der Waals surface area contributed by atoms with E-state index >= 15 is 0 Å². The van der Waals surface area contributed by atoms with Crippen LogP contribution in [0.25, 0.3) is 0 Å². The number of aryl methyl sites for hydroxylation is 1. The zero-order valence-electron chi connectivity index (χ0n) is 14.4. The molecule has 0 bridgehead atoms. The van der Waals surface area contributed by atoms with E-state index in [0.29, 0.717) is 38.6 Å². The molecule has 2 fully saturated rings. The van der Waals surface area contributed by atoms with Crippen LogP contribution in [0.15, 0.2) is 4.52 Å². The smallest absolute Gasteiger partial charge is 0.236 e. The molecule has 0 aromatic carbocycles. The van der Waals surface area contributed by atoms with Gasteiger partial charge in [0.25, 0.3) is 0 Å². The molecule has 2 amide bonds. The quantitative estimate of drug-likeness (QED) is 0.787. The summed E-state index contributed by atoms with van der Waals surface area (Å²) >= 11 is 0. The molecule has 1 atom stereocenters. The number of piperidine rings is 1. The number of rotatable bonds is 3. The van der Waals surface area contributed by atoms with Gasteiger partial charge in [0.1, 0.15) is 0 Å². The van der Waals surface area contributed by atoms with Crippen molar-refractivity contribution >= 4 is 11.8 Å². The van der Waals surface area contributed by atoms with Gasteiger partial charge in [-0.15, -0.1) is 0 Å². The Hall–Kier alpha value is -1.96. The standard InChI is InChI=1S/C16H25N5O3/c1-12-17-16(18-24-12)14-4-3-5-19(10-14)11-15(23)21-8-6-20(7-9-21)13(2)22/h14H,3-11H2,1-2H3/t14-/m0/s1. The van der Waals surface area contributed by atoms with Crippen LogP contribution in [0.3, 0.4) is 0 Å². The summed E-state index contributed by atoms with van der Waals surface area (Å²) < 4.78 is 5.07. The Labute approximate surface area is 141 Å². The van der Waals surface area contributed by atoms with Crippen LogP contribution < -0.4 is 0 Å². The zero-order chi connectivity index (χ0) is 17.1. The summed E-state index contributed by atoms with van der Waals surface area (Å²) in [6, 6.07) is 0. The Bertz CT molecular complexity index is 594. The summed E-state index contributed by atoms with van der Waals surface area (Å²) in [5.74, 6) is 1.79. The Morgan fingerprint density at radius 3 is 2.50 bits per heavy atom. The third-order valence-electron chi connectivity index (χ3n) is 4.85. The Balaban J connectivity index is 1.50. The molecule has 0 saturated carbocycles. The summed E-state index contributed by atoms with van der Waals surface area (Å²) in [7, 11) is 0. The van der Waals surface area contributed by atoms with Crippen molar-refractivity contribution in [2.45, 2.75) is 32.6 Å². The minimum absolute atomic E-state index is 0.0800. The first kappa shape index (κ1) is 16.9. The topological polar surface area (TPSA) is 82.8 Å². The van der Waals surface area contributed by atoms with Crippen LogP contribution in [-0.2, 0) is 9.59 Å². The third-order valence-corrected chi connectivity index (χ3v) is 4.85. The number of nitrogens with zero attached hydrogens (tertiary/aromatic N) is 5. The molecule has 0 unspecified atom stereocenters. The highest BCUT2D eigenvalue weighted by molar-refractivity contribution is 5.79. The Kier molecular flexibility index (Phi) is 5.13. The SMILES string of the molecule is CC(=O)N1CCN(C(=O)CN2CCC[C@H](c3noc(C)n3)C2)CC1. The second-order valence-electron chi connectivity index (χ2n) is 6.63. The van der Waals surface area contributed by atoms with Crippen LogP contribution >= 0.6 is 0 Å². The fourth-order valence-electron chi connectivity index (χ4n) is 3.45. The second kappa shape index (κ2) is 7.29. The van der Waals surface area contributed by atoms with Crippen LogP contribution in [0.2, 0.25) is 0 Å². The number of carbonyl (C=O) groups excluding carboxylic acids is 2. The summed E-state index contributed by atoms with van der Waals surface area (Å²) in [5, 5.41) is 4.02. The van der Waals surface area contributed by atoms with Gasteiger partial charge in [-0.3, -0.25) is 14.5 Å². The lowest BCUT2D eigenvalue weighted by atomic mass is 9.97. The third kappa shape index (κ3) is 3.92. The molecule has 3 heterocycles. The fraction of sp³-hybridized carbons (Fsp3) is 0.750. The molecule has 2 aliphatic heterocycles. The van der Waals surface area contributed by atoms with Crippen LogP contribution in [0, 0.1) is 6.92 Å². The van der Waals surface area contributed by atoms with E-state index < -0.39 is 0 Å². The van der Waals surface area contributed by atoms with E-state index in [0.717, 1.165) is 31.8 Å². The molecule has 8 nitrogen and oxygen atoms in total. The minimum atomic E-state index is 0.0800. The molecule has 0 N–H and O–H groups in total. The molecule has 2 saturated heterocycles. The van der Waals surface area contributed by atoms with E-state index in [-0.39, 0.29) is 17.7 Å². The van der Waals surface area contributed by atoms with Crippen molar-refractivity contribution < 1.29 is 14.1 Å². The van der Waals surface area contributed by atoms with E-state index in [9.17, 15) is 9.59 Å². The van der Waals surface area contributed by atoms with Crippen molar-refractivity contribution in [3.05, 3.63) is 11.7 Å². The summed E-state index contributed by atoms with van der Waals surface area (Å²) in [4.78, 5) is 34.0. The first-order valence-corrected chi connectivity index (χ1v) is 8.59. The van der Waals surface area contributed by atoms with Gasteiger partial charge < -0.3 is 14.3 Å². The number of aromatic nitrogens is 2. The van der Waals surface area contributed by atoms with Crippen molar-refractivity contribution in [1.29, 1.82) is 0 Å². The van der Waals surface area contributed by atoms with Gasteiger partial charge in [-0.05, 0) is 19.4 Å². The van der Waals surface area contributed by atoms with Crippen LogP contribution in [0.1, 0.15) is 37.4 Å². The maximum Gasteiger partial charge on any atom is 0.236 e. The summed E-state index contributed by atoms with van der Waals surface area (Å²) in [6.45, 7) is 8.02. The molecule has 1 aromatic rings. The fourth-order valence-corrected chi connectivity index (χ4v) is 3.45. The highest BCUT2D eigenvalue weighted by atomic mass is 16.5. The molecule has 0 spiro atoms. The van der Waals surface area contributed by atoms with E-state index in [1.54, 1.807) is 18.7 Å². The highest BCUT2D eigenvalue weighted by Crippen LogP contribution is 2.24. The first-order chi connectivity index (χ1) is 11.5. The van der Waals surface area contributed by atoms with Crippen molar-refractivity contribution in [3.8, 4) is 0 Å². The van der Waals surface area contributed by atoms with Crippen molar-refractivity contribution in [3.63, 3.8) is 0 Å². The van der Waals surface area contributed by atoms with Gasteiger partial charge in [0.2, 0.25) is 17.7 Å². The van der Waals surface area contributed by atoms with Crippen molar-refractivity contribution in [2.75, 3.05) is 45.8 Å². The first-order valence-electron chi connectivity index (χ1n) is 8.59. The van der Waals surface area contributed by atoms with Gasteiger partial charge in [0.15, 0.2) is 5.82 Å². The largest absolute Gasteiger partial charge is 0.340 e. The molecule has 0 radical (unpaired) electrons. The van der Waals surface area contributed by atoms with Gasteiger partial charge >= 0.3 is 0 Å². The maximum absolute atomic E-state index is 12.5. The maximum atomic E-state index is 12.5. The zero-order valence-corrected chi connectivity index (χ0v) is 14.4. The van der Waals surface area contributed by atoms with Crippen LogP contribution in [0.4, 0.5) is 0 Å². The molecule has 1 aromatic heterocycles. The molecular formula is C16H25N5O3. The number of carbonyl (C=O) groups is 2. The molecule has 8 heteroatoms. The minimum Gasteiger partial charge on any atom is -0.340 e. The van der Waals surface area contributed by atoms with Gasteiger partial charge in [-0.2, -0.15) is 4.98 Å². The van der Waals surface area contributed by atoms with E-state index in [2.05, 4.69) is 15.0 Å². The number of amides is 2. The number of piperazine rings is 1. The predicted molar refractivity (Wildman–Crippen MR) is 86.3 cm³/mol. The average molecular weight is 335 g/mol. The normalized spacial score (nSPS) is 22.7. The molecule has 132 valence electrons. The van der Waals surface area contributed by atoms with Gasteiger partial charge in [0, 0.05) is 52.5 Å².